The average molecular weight is 407 g/mol. The number of halogens is 1. The molecule has 3 rings (SSSR count). The van der Waals surface area contributed by atoms with E-state index < -0.39 is 20.9 Å². The minimum Gasteiger partial charge on any atom is -0.493 e. The summed E-state index contributed by atoms with van der Waals surface area (Å²) in [5.41, 5.74) is 0.444. The minimum absolute atomic E-state index is 0.0342. The largest absolute Gasteiger partial charge is 0.493 e. The fourth-order valence-corrected chi connectivity index (χ4v) is 5.26. The summed E-state index contributed by atoms with van der Waals surface area (Å²) in [6.45, 7) is 0.226. The van der Waals surface area contributed by atoms with Gasteiger partial charge >= 0.3 is 0 Å². The van der Waals surface area contributed by atoms with Crippen LogP contribution in [-0.2, 0) is 9.84 Å². The first-order valence-corrected chi connectivity index (χ1v) is 10.6. The van der Waals surface area contributed by atoms with Gasteiger partial charge in [0.2, 0.25) is 0 Å². The molecule has 1 saturated heterocycles. The summed E-state index contributed by atoms with van der Waals surface area (Å²) in [6, 6.07) is 10.8. The van der Waals surface area contributed by atoms with Crippen molar-refractivity contribution in [3.8, 4) is 11.5 Å². The Bertz CT molecular complexity index is 976. The summed E-state index contributed by atoms with van der Waals surface area (Å²) >= 11 is 0. The van der Waals surface area contributed by atoms with Crippen molar-refractivity contribution in [3.63, 3.8) is 0 Å². The number of carbonyl (C=O) groups excluding carboxylic acids is 1. The van der Waals surface area contributed by atoms with Crippen molar-refractivity contribution < 1.29 is 27.1 Å². The van der Waals surface area contributed by atoms with Crippen LogP contribution in [0.15, 0.2) is 42.5 Å². The highest BCUT2D eigenvalue weighted by Gasteiger charge is 2.35. The van der Waals surface area contributed by atoms with Gasteiger partial charge in [-0.1, -0.05) is 24.3 Å². The van der Waals surface area contributed by atoms with Crippen molar-refractivity contribution >= 4 is 15.7 Å². The van der Waals surface area contributed by atoms with Crippen LogP contribution >= 0.6 is 0 Å². The van der Waals surface area contributed by atoms with Gasteiger partial charge < -0.3 is 14.4 Å². The second-order valence-corrected chi connectivity index (χ2v) is 8.80. The maximum Gasteiger partial charge on any atom is 0.257 e. The monoisotopic (exact) mass is 407 g/mol. The molecule has 0 aliphatic carbocycles. The number of hydrogen-bond donors (Lipinski definition) is 0. The number of carbonyl (C=O) groups is 1. The zero-order chi connectivity index (χ0) is 20.3. The van der Waals surface area contributed by atoms with Gasteiger partial charge in [-0.2, -0.15) is 0 Å². The molecule has 0 saturated carbocycles. The number of nitrogens with zero attached hydrogens (tertiary/aromatic N) is 1. The predicted octanol–water partition coefficient (Wildman–Crippen LogP) is 2.84. The van der Waals surface area contributed by atoms with Gasteiger partial charge in [0, 0.05) is 18.7 Å². The number of benzene rings is 2. The highest BCUT2D eigenvalue weighted by molar-refractivity contribution is 7.91. The van der Waals surface area contributed by atoms with Crippen LogP contribution in [0, 0.1) is 5.82 Å². The molecule has 6 nitrogen and oxygen atoms in total. The van der Waals surface area contributed by atoms with E-state index in [4.69, 9.17) is 9.47 Å². The van der Waals surface area contributed by atoms with Gasteiger partial charge in [-0.25, -0.2) is 12.8 Å². The average Bonchev–Trinajstić information content (AvgIpc) is 2.85. The van der Waals surface area contributed by atoms with Gasteiger partial charge in [-0.05, 0) is 24.6 Å². The molecule has 1 amide bonds. The van der Waals surface area contributed by atoms with Gasteiger partial charge in [-0.15, -0.1) is 0 Å². The standard InChI is InChI=1S/C20H22FNO5S/c1-26-17-9-5-7-15(19(17)27-2)20(23)22-11-10-18(28(24,25)13-12-22)14-6-3-4-8-16(14)21/h3-9,18H,10-13H2,1-2H3. The second-order valence-electron chi connectivity index (χ2n) is 6.50. The lowest BCUT2D eigenvalue weighted by molar-refractivity contribution is 0.0762. The van der Waals surface area contributed by atoms with Crippen molar-refractivity contribution in [1.29, 1.82) is 0 Å². The molecule has 1 fully saturated rings. The Morgan fingerprint density at radius 3 is 2.50 bits per heavy atom. The third-order valence-electron chi connectivity index (χ3n) is 4.91. The minimum atomic E-state index is -3.60. The van der Waals surface area contributed by atoms with Gasteiger partial charge in [0.15, 0.2) is 21.3 Å². The van der Waals surface area contributed by atoms with E-state index >= 15 is 0 Å². The zero-order valence-electron chi connectivity index (χ0n) is 15.7. The first kappa shape index (κ1) is 20.1. The van der Waals surface area contributed by atoms with E-state index in [1.54, 1.807) is 24.3 Å². The Balaban J connectivity index is 1.89. The van der Waals surface area contributed by atoms with Crippen LogP contribution < -0.4 is 9.47 Å². The van der Waals surface area contributed by atoms with Crippen molar-refractivity contribution in [2.45, 2.75) is 11.7 Å². The quantitative estimate of drug-likeness (QED) is 0.779. The van der Waals surface area contributed by atoms with E-state index in [-0.39, 0.29) is 36.7 Å². The van der Waals surface area contributed by atoms with Gasteiger partial charge in [0.05, 0.1) is 30.8 Å². The van der Waals surface area contributed by atoms with Crippen LogP contribution in [0.3, 0.4) is 0 Å². The number of sulfone groups is 1. The Kier molecular flexibility index (Phi) is 5.88. The van der Waals surface area contributed by atoms with Crippen LogP contribution in [0.1, 0.15) is 27.6 Å². The lowest BCUT2D eigenvalue weighted by atomic mass is 10.1. The molecule has 0 radical (unpaired) electrons. The van der Waals surface area contributed by atoms with E-state index in [0.29, 0.717) is 17.1 Å². The molecule has 1 heterocycles. The first-order chi connectivity index (χ1) is 13.4. The molecule has 28 heavy (non-hydrogen) atoms. The van der Waals surface area contributed by atoms with E-state index in [0.717, 1.165) is 0 Å². The first-order valence-electron chi connectivity index (χ1n) is 8.85. The van der Waals surface area contributed by atoms with Crippen molar-refractivity contribution in [2.24, 2.45) is 0 Å². The molecular weight excluding hydrogens is 385 g/mol. The summed E-state index contributed by atoms with van der Waals surface area (Å²) in [6.07, 6.45) is 0.126. The van der Waals surface area contributed by atoms with Crippen molar-refractivity contribution in [1.82, 2.24) is 4.90 Å². The summed E-state index contributed by atoms with van der Waals surface area (Å²) < 4.78 is 50.2. The Morgan fingerprint density at radius 2 is 1.82 bits per heavy atom. The number of amides is 1. The van der Waals surface area contributed by atoms with Crippen LogP contribution in [-0.4, -0.2) is 52.3 Å². The maximum absolute atomic E-state index is 14.2. The Morgan fingerprint density at radius 1 is 1.07 bits per heavy atom. The summed E-state index contributed by atoms with van der Waals surface area (Å²) in [4.78, 5) is 14.5. The predicted molar refractivity (Wildman–Crippen MR) is 103 cm³/mol. The van der Waals surface area contributed by atoms with E-state index in [1.807, 2.05) is 0 Å². The van der Waals surface area contributed by atoms with Crippen LogP contribution in [0.5, 0.6) is 11.5 Å². The highest BCUT2D eigenvalue weighted by Crippen LogP contribution is 2.34. The topological polar surface area (TPSA) is 72.9 Å². The van der Waals surface area contributed by atoms with E-state index in [2.05, 4.69) is 0 Å². The third kappa shape index (κ3) is 3.82. The van der Waals surface area contributed by atoms with Gasteiger partial charge in [0.25, 0.3) is 5.91 Å². The lowest BCUT2D eigenvalue weighted by Crippen LogP contribution is -2.33. The second kappa shape index (κ2) is 8.18. The summed E-state index contributed by atoms with van der Waals surface area (Å²) in [7, 11) is -0.686. The molecule has 0 bridgehead atoms. The fraction of sp³-hybridized carbons (Fsp3) is 0.350. The van der Waals surface area contributed by atoms with Crippen molar-refractivity contribution in [2.75, 3.05) is 33.1 Å². The Hall–Kier alpha value is -2.61. The molecule has 1 unspecified atom stereocenters. The number of methoxy groups -OCH3 is 2. The molecule has 2 aromatic carbocycles. The van der Waals surface area contributed by atoms with Crippen LogP contribution in [0.4, 0.5) is 4.39 Å². The SMILES string of the molecule is COc1cccc(C(=O)N2CCC(c3ccccc3F)S(=O)(=O)CC2)c1OC. The molecule has 2 aromatic rings. The summed E-state index contributed by atoms with van der Waals surface area (Å²) in [5.74, 6) is -0.414. The zero-order valence-corrected chi connectivity index (χ0v) is 16.5. The van der Waals surface area contributed by atoms with E-state index in [1.165, 1.54) is 37.3 Å². The molecule has 1 aliphatic rings. The van der Waals surface area contributed by atoms with Crippen molar-refractivity contribution in [3.05, 3.63) is 59.4 Å². The lowest BCUT2D eigenvalue weighted by Gasteiger charge is -2.22. The number of hydrogen-bond acceptors (Lipinski definition) is 5. The fourth-order valence-electron chi connectivity index (χ4n) is 3.46. The number of ether oxygens (including phenoxy) is 2. The summed E-state index contributed by atoms with van der Waals surface area (Å²) in [5, 5.41) is -0.973. The normalized spacial score (nSPS) is 19.0. The molecule has 1 atom stereocenters. The van der Waals surface area contributed by atoms with Gasteiger partial charge in [-0.3, -0.25) is 4.79 Å². The Labute approximate surface area is 163 Å². The van der Waals surface area contributed by atoms with Crippen LogP contribution in [0.25, 0.3) is 0 Å². The molecule has 0 N–H and O–H groups in total. The molecule has 0 spiro atoms. The number of rotatable bonds is 4. The third-order valence-corrected chi connectivity index (χ3v) is 7.02. The van der Waals surface area contributed by atoms with Crippen LogP contribution in [0.2, 0.25) is 0 Å². The van der Waals surface area contributed by atoms with E-state index in [9.17, 15) is 17.6 Å². The molecule has 0 aromatic heterocycles. The maximum atomic E-state index is 14.2. The molecular formula is C20H22FNO5S. The molecule has 150 valence electrons. The number of para-hydroxylation sites is 1. The molecule has 8 heteroatoms. The van der Waals surface area contributed by atoms with Gasteiger partial charge in [0.1, 0.15) is 5.82 Å². The smallest absolute Gasteiger partial charge is 0.257 e. The molecule has 1 aliphatic heterocycles. The highest BCUT2D eigenvalue weighted by atomic mass is 32.2.